The Kier molecular flexibility index (Phi) is 4.25. The molecule has 2 saturated carbocycles. The number of imidazole rings is 1. The van der Waals surface area contributed by atoms with Gasteiger partial charge in [-0.2, -0.15) is 13.2 Å². The maximum atomic E-state index is 12.4. The van der Waals surface area contributed by atoms with Gasteiger partial charge in [0, 0.05) is 18.9 Å². The summed E-state index contributed by atoms with van der Waals surface area (Å²) in [5, 5.41) is 5.42. The second kappa shape index (κ2) is 6.05. The first-order valence-corrected chi connectivity index (χ1v) is 7.96. The maximum absolute atomic E-state index is 12.4. The van der Waals surface area contributed by atoms with Crippen LogP contribution in [-0.2, 0) is 13.1 Å². The summed E-state index contributed by atoms with van der Waals surface area (Å²) >= 11 is 0. The molecule has 0 aliphatic heterocycles. The van der Waals surface area contributed by atoms with Crippen LogP contribution < -0.4 is 10.6 Å². The van der Waals surface area contributed by atoms with E-state index in [0.717, 1.165) is 11.0 Å². The number of urea groups is 1. The summed E-state index contributed by atoms with van der Waals surface area (Å²) in [7, 11) is 0. The van der Waals surface area contributed by atoms with Crippen molar-refractivity contribution in [3.05, 3.63) is 18.2 Å². The van der Waals surface area contributed by atoms with Gasteiger partial charge in [0.25, 0.3) is 0 Å². The molecule has 8 heteroatoms. The van der Waals surface area contributed by atoms with Gasteiger partial charge in [-0.25, -0.2) is 9.78 Å². The van der Waals surface area contributed by atoms with Gasteiger partial charge in [0.15, 0.2) is 0 Å². The summed E-state index contributed by atoms with van der Waals surface area (Å²) in [5.41, 5.74) is 0.468. The zero-order valence-electron chi connectivity index (χ0n) is 12.8. The molecule has 2 N–H and O–H groups in total. The number of halogens is 3. The molecule has 0 radical (unpaired) electrons. The number of hydrogen-bond acceptors (Lipinski definition) is 2. The molecule has 0 saturated heterocycles. The molecule has 2 fully saturated rings. The molecule has 2 amide bonds. The van der Waals surface area contributed by atoms with E-state index in [4.69, 9.17) is 0 Å². The molecule has 0 bridgehead atoms. The van der Waals surface area contributed by atoms with Gasteiger partial charge in [0.05, 0.1) is 6.54 Å². The first-order chi connectivity index (χ1) is 10.9. The van der Waals surface area contributed by atoms with Gasteiger partial charge >= 0.3 is 12.2 Å². The van der Waals surface area contributed by atoms with Gasteiger partial charge in [-0.05, 0) is 37.0 Å². The number of amides is 2. The summed E-state index contributed by atoms with van der Waals surface area (Å²) < 4.78 is 38.3. The largest absolute Gasteiger partial charge is 0.406 e. The molecule has 1 aromatic heterocycles. The highest BCUT2D eigenvalue weighted by Gasteiger charge is 2.51. The minimum Gasteiger partial charge on any atom is -0.338 e. The van der Waals surface area contributed by atoms with Crippen molar-refractivity contribution in [2.45, 2.75) is 51.4 Å². The molecule has 23 heavy (non-hydrogen) atoms. The Morgan fingerprint density at radius 2 is 2.13 bits per heavy atom. The van der Waals surface area contributed by atoms with Crippen LogP contribution in [0.2, 0.25) is 0 Å². The van der Waals surface area contributed by atoms with Crippen LogP contribution in [0.5, 0.6) is 0 Å². The molecular formula is C15H21F3N4O. The Bertz CT molecular complexity index is 565. The first kappa shape index (κ1) is 16.1. The quantitative estimate of drug-likeness (QED) is 0.872. The molecule has 0 aromatic carbocycles. The highest BCUT2D eigenvalue weighted by atomic mass is 19.4. The second-order valence-corrected chi connectivity index (χ2v) is 6.60. The van der Waals surface area contributed by atoms with Crippen LogP contribution in [0.3, 0.4) is 0 Å². The molecule has 5 nitrogen and oxygen atoms in total. The van der Waals surface area contributed by atoms with Crippen molar-refractivity contribution in [3.8, 4) is 0 Å². The smallest absolute Gasteiger partial charge is 0.338 e. The predicted octanol–water partition coefficient (Wildman–Crippen LogP) is 2.82. The normalized spacial score (nSPS) is 22.3. The Labute approximate surface area is 132 Å². The van der Waals surface area contributed by atoms with Gasteiger partial charge in [-0.15, -0.1) is 0 Å². The van der Waals surface area contributed by atoms with Crippen LogP contribution in [0.1, 0.15) is 37.9 Å². The number of alkyl halides is 3. The molecule has 128 valence electrons. The fourth-order valence-electron chi connectivity index (χ4n) is 3.63. The molecule has 1 aromatic rings. The monoisotopic (exact) mass is 330 g/mol. The van der Waals surface area contributed by atoms with E-state index >= 15 is 0 Å². The van der Waals surface area contributed by atoms with E-state index in [2.05, 4.69) is 15.6 Å². The van der Waals surface area contributed by atoms with Crippen molar-refractivity contribution >= 4 is 6.03 Å². The number of carbonyl (C=O) groups is 1. The van der Waals surface area contributed by atoms with E-state index in [1.54, 1.807) is 0 Å². The fourth-order valence-corrected chi connectivity index (χ4v) is 3.63. The minimum atomic E-state index is -4.31. The standard InChI is InChI=1S/C15H21F3N4O/c16-15(17,18)10-22-7-6-19-12(22)9-21-13(23)20-8-11-2-1-3-14(11)4-5-14/h6-7,11H,1-5,8-10H2,(H2,20,21,23). The third-order valence-electron chi connectivity index (χ3n) is 5.05. The lowest BCUT2D eigenvalue weighted by Crippen LogP contribution is -2.39. The third-order valence-corrected chi connectivity index (χ3v) is 5.05. The third kappa shape index (κ3) is 3.97. The topological polar surface area (TPSA) is 59.0 Å². The van der Waals surface area contributed by atoms with Gasteiger partial charge in [-0.1, -0.05) is 6.42 Å². The Hall–Kier alpha value is -1.73. The van der Waals surface area contributed by atoms with Gasteiger partial charge < -0.3 is 15.2 Å². The second-order valence-electron chi connectivity index (χ2n) is 6.60. The molecule has 1 unspecified atom stereocenters. The number of rotatable bonds is 5. The molecule has 1 heterocycles. The summed E-state index contributed by atoms with van der Waals surface area (Å²) in [6.07, 6.45) is 4.41. The average Bonchev–Trinajstić information content (AvgIpc) is 2.93. The van der Waals surface area contributed by atoms with Gasteiger partial charge in [0.2, 0.25) is 0 Å². The molecular weight excluding hydrogens is 309 g/mol. The van der Waals surface area contributed by atoms with E-state index < -0.39 is 12.7 Å². The van der Waals surface area contributed by atoms with Crippen molar-refractivity contribution in [2.75, 3.05) is 6.54 Å². The van der Waals surface area contributed by atoms with Crippen molar-refractivity contribution in [1.82, 2.24) is 20.2 Å². The predicted molar refractivity (Wildman–Crippen MR) is 77.5 cm³/mol. The lowest BCUT2D eigenvalue weighted by molar-refractivity contribution is -0.141. The van der Waals surface area contributed by atoms with Crippen molar-refractivity contribution < 1.29 is 18.0 Å². The number of nitrogens with one attached hydrogen (secondary N) is 2. The van der Waals surface area contributed by atoms with E-state index in [-0.39, 0.29) is 18.4 Å². The number of hydrogen-bond donors (Lipinski definition) is 2. The van der Waals surface area contributed by atoms with Crippen molar-refractivity contribution in [3.63, 3.8) is 0 Å². The summed E-state index contributed by atoms with van der Waals surface area (Å²) in [4.78, 5) is 15.7. The van der Waals surface area contributed by atoms with Gasteiger partial charge in [0.1, 0.15) is 12.4 Å². The highest BCUT2D eigenvalue weighted by Crippen LogP contribution is 2.60. The SMILES string of the molecule is O=C(NCc1nccn1CC(F)(F)F)NCC1CCCC12CC2. The fraction of sp³-hybridized carbons (Fsp3) is 0.733. The van der Waals surface area contributed by atoms with Crippen LogP contribution in [0, 0.1) is 11.3 Å². The first-order valence-electron chi connectivity index (χ1n) is 7.96. The van der Waals surface area contributed by atoms with Crippen molar-refractivity contribution in [2.24, 2.45) is 11.3 Å². The molecule has 1 spiro atoms. The zero-order valence-corrected chi connectivity index (χ0v) is 12.8. The number of carbonyl (C=O) groups excluding carboxylic acids is 1. The Balaban J connectivity index is 1.43. The van der Waals surface area contributed by atoms with E-state index in [9.17, 15) is 18.0 Å². The molecule has 3 rings (SSSR count). The highest BCUT2D eigenvalue weighted by molar-refractivity contribution is 5.73. The van der Waals surface area contributed by atoms with Crippen LogP contribution in [0.25, 0.3) is 0 Å². The van der Waals surface area contributed by atoms with Crippen LogP contribution in [-0.4, -0.2) is 28.3 Å². The number of nitrogens with zero attached hydrogens (tertiary/aromatic N) is 2. The van der Waals surface area contributed by atoms with Crippen LogP contribution in [0.15, 0.2) is 12.4 Å². The molecule has 1 atom stereocenters. The van der Waals surface area contributed by atoms with Gasteiger partial charge in [-0.3, -0.25) is 0 Å². The average molecular weight is 330 g/mol. The summed E-state index contributed by atoms with van der Waals surface area (Å²) in [5.74, 6) is 0.734. The van der Waals surface area contributed by atoms with E-state index in [1.165, 1.54) is 38.1 Å². The molecule has 2 aliphatic rings. The lowest BCUT2D eigenvalue weighted by atomic mass is 9.93. The Morgan fingerprint density at radius 3 is 2.83 bits per heavy atom. The van der Waals surface area contributed by atoms with Crippen LogP contribution >= 0.6 is 0 Å². The van der Waals surface area contributed by atoms with E-state index in [0.29, 0.717) is 17.9 Å². The minimum absolute atomic E-state index is 0.0231. The summed E-state index contributed by atoms with van der Waals surface area (Å²) in [6, 6.07) is -0.353. The van der Waals surface area contributed by atoms with Crippen LogP contribution in [0.4, 0.5) is 18.0 Å². The van der Waals surface area contributed by atoms with Crippen molar-refractivity contribution in [1.29, 1.82) is 0 Å². The maximum Gasteiger partial charge on any atom is 0.406 e. The molecule has 2 aliphatic carbocycles. The van der Waals surface area contributed by atoms with E-state index in [1.807, 2.05) is 0 Å². The zero-order chi connectivity index (χ0) is 16.5. The Morgan fingerprint density at radius 1 is 1.35 bits per heavy atom. The number of aromatic nitrogens is 2. The summed E-state index contributed by atoms with van der Waals surface area (Å²) in [6.45, 7) is -0.482. The lowest BCUT2D eigenvalue weighted by Gasteiger charge is -2.19.